The second-order valence-electron chi connectivity index (χ2n) is 1.95. The molecule has 12 heavy (non-hydrogen) atoms. The number of carbonyl (C=O) groups excluding carboxylic acids is 2. The van der Waals surface area contributed by atoms with Crippen LogP contribution in [0.4, 0.5) is 13.2 Å². The van der Waals surface area contributed by atoms with Gasteiger partial charge in [0.05, 0.1) is 0 Å². The van der Waals surface area contributed by atoms with Crippen molar-refractivity contribution in [3.8, 4) is 0 Å². The molecule has 3 nitrogen and oxygen atoms in total. The molecule has 70 valence electrons. The number of rotatable bonds is 3. The topological polar surface area (TPSA) is 43.4 Å². The lowest BCUT2D eigenvalue weighted by molar-refractivity contribution is -0.180. The molecule has 0 bridgehead atoms. The van der Waals surface area contributed by atoms with Gasteiger partial charge in [0, 0.05) is 6.42 Å². The largest absolute Gasteiger partial charge is 0.389 e. The predicted molar refractivity (Wildman–Crippen MR) is 32.3 cm³/mol. The van der Waals surface area contributed by atoms with Crippen molar-refractivity contribution in [3.63, 3.8) is 0 Å². The highest BCUT2D eigenvalue weighted by atomic mass is 19.3. The van der Waals surface area contributed by atoms with Gasteiger partial charge >= 0.3 is 17.9 Å². The number of alkyl halides is 3. The molecule has 0 amide bonds. The van der Waals surface area contributed by atoms with E-state index in [4.69, 9.17) is 0 Å². The lowest BCUT2D eigenvalue weighted by Gasteiger charge is -2.08. The molecular formula is C6H7F3O3. The second kappa shape index (κ2) is 4.08. The molecule has 0 fully saturated rings. The van der Waals surface area contributed by atoms with Crippen molar-refractivity contribution in [1.29, 1.82) is 0 Å². The van der Waals surface area contributed by atoms with Crippen LogP contribution in [-0.2, 0) is 14.3 Å². The van der Waals surface area contributed by atoms with Gasteiger partial charge in [0.1, 0.15) is 0 Å². The van der Waals surface area contributed by atoms with Gasteiger partial charge in [0.2, 0.25) is 0 Å². The van der Waals surface area contributed by atoms with E-state index in [1.54, 1.807) is 0 Å². The van der Waals surface area contributed by atoms with E-state index in [0.29, 0.717) is 0 Å². The van der Waals surface area contributed by atoms with Crippen LogP contribution in [0.25, 0.3) is 0 Å². The van der Waals surface area contributed by atoms with Gasteiger partial charge in [-0.25, -0.2) is 9.18 Å². The molecule has 0 radical (unpaired) electrons. The van der Waals surface area contributed by atoms with E-state index in [-0.39, 0.29) is 6.42 Å². The molecule has 0 saturated heterocycles. The maximum atomic E-state index is 12.0. The smallest absolute Gasteiger partial charge is 0.387 e. The zero-order chi connectivity index (χ0) is 9.78. The first kappa shape index (κ1) is 10.9. The molecule has 0 aliphatic heterocycles. The number of ether oxygens (including phenoxy) is 1. The standard InChI is InChI=1S/C6H7F3O3/c1-2-4(10)12-5(11)6(8,9)3-7/h2-3H2,1H3. The first-order valence-corrected chi connectivity index (χ1v) is 3.13. The average molecular weight is 184 g/mol. The summed E-state index contributed by atoms with van der Waals surface area (Å²) in [4.78, 5) is 20.5. The van der Waals surface area contributed by atoms with E-state index in [9.17, 15) is 22.8 Å². The summed E-state index contributed by atoms with van der Waals surface area (Å²) in [5.41, 5.74) is 0. The molecule has 0 unspecified atom stereocenters. The Kier molecular flexibility index (Phi) is 3.72. The fraction of sp³-hybridized carbons (Fsp3) is 0.667. The summed E-state index contributed by atoms with van der Waals surface area (Å²) >= 11 is 0. The van der Waals surface area contributed by atoms with Gasteiger partial charge in [-0.3, -0.25) is 4.79 Å². The maximum absolute atomic E-state index is 12.0. The van der Waals surface area contributed by atoms with Crippen LogP contribution in [0.2, 0.25) is 0 Å². The minimum Gasteiger partial charge on any atom is -0.389 e. The molecule has 0 rings (SSSR count). The monoisotopic (exact) mass is 184 g/mol. The van der Waals surface area contributed by atoms with Crippen LogP contribution in [0.3, 0.4) is 0 Å². The third kappa shape index (κ3) is 2.89. The fourth-order valence-electron chi connectivity index (χ4n) is 0.305. The number of hydrogen-bond donors (Lipinski definition) is 0. The highest BCUT2D eigenvalue weighted by Crippen LogP contribution is 2.16. The molecule has 0 aromatic carbocycles. The third-order valence-corrected chi connectivity index (χ3v) is 0.962. The van der Waals surface area contributed by atoms with Crippen molar-refractivity contribution < 1.29 is 27.5 Å². The van der Waals surface area contributed by atoms with Crippen molar-refractivity contribution >= 4 is 11.9 Å². The van der Waals surface area contributed by atoms with Crippen LogP contribution >= 0.6 is 0 Å². The Hall–Kier alpha value is -1.07. The molecule has 0 aromatic heterocycles. The van der Waals surface area contributed by atoms with Gasteiger partial charge in [0.15, 0.2) is 6.67 Å². The van der Waals surface area contributed by atoms with Crippen molar-refractivity contribution in [2.75, 3.05) is 6.67 Å². The molecule has 0 heterocycles. The van der Waals surface area contributed by atoms with Gasteiger partial charge < -0.3 is 4.74 Å². The summed E-state index contributed by atoms with van der Waals surface area (Å²) in [7, 11) is 0. The molecule has 0 N–H and O–H groups in total. The van der Waals surface area contributed by atoms with E-state index in [1.165, 1.54) is 6.92 Å². The zero-order valence-corrected chi connectivity index (χ0v) is 6.27. The van der Waals surface area contributed by atoms with Gasteiger partial charge in [-0.2, -0.15) is 8.78 Å². The number of esters is 2. The van der Waals surface area contributed by atoms with Gasteiger partial charge in [0.25, 0.3) is 0 Å². The Morgan fingerprint density at radius 3 is 2.25 bits per heavy atom. The van der Waals surface area contributed by atoms with Crippen LogP contribution in [-0.4, -0.2) is 24.5 Å². The Labute approximate surface area is 66.5 Å². The number of halogens is 3. The van der Waals surface area contributed by atoms with E-state index in [0.717, 1.165) is 0 Å². The predicted octanol–water partition coefficient (Wildman–Crippen LogP) is 1.07. The van der Waals surface area contributed by atoms with Crippen molar-refractivity contribution in [1.82, 2.24) is 0 Å². The van der Waals surface area contributed by atoms with Crippen LogP contribution in [0.15, 0.2) is 0 Å². The normalized spacial score (nSPS) is 11.0. The quantitative estimate of drug-likeness (QED) is 0.486. The summed E-state index contributed by atoms with van der Waals surface area (Å²) in [6, 6.07) is 0. The third-order valence-electron chi connectivity index (χ3n) is 0.962. The maximum Gasteiger partial charge on any atom is 0.387 e. The summed E-state index contributed by atoms with van der Waals surface area (Å²) in [5.74, 6) is -7.46. The molecule has 0 aromatic rings. The Morgan fingerprint density at radius 2 is 1.92 bits per heavy atom. The Morgan fingerprint density at radius 1 is 1.42 bits per heavy atom. The molecule has 0 saturated carbocycles. The summed E-state index contributed by atoms with van der Waals surface area (Å²) < 4.78 is 39.1. The second-order valence-corrected chi connectivity index (χ2v) is 1.95. The van der Waals surface area contributed by atoms with Crippen molar-refractivity contribution in [2.24, 2.45) is 0 Å². The van der Waals surface area contributed by atoms with Gasteiger partial charge in [-0.1, -0.05) is 6.92 Å². The summed E-state index contributed by atoms with van der Waals surface area (Å²) in [6.45, 7) is -0.841. The molecule has 6 heteroatoms. The van der Waals surface area contributed by atoms with Crippen molar-refractivity contribution in [2.45, 2.75) is 19.3 Å². The number of carbonyl (C=O) groups is 2. The SMILES string of the molecule is CCC(=O)OC(=O)C(F)(F)CF. The molecule has 0 aliphatic carbocycles. The zero-order valence-electron chi connectivity index (χ0n) is 6.27. The molecule has 0 atom stereocenters. The van der Waals surface area contributed by atoms with E-state index < -0.39 is 24.5 Å². The minimum absolute atomic E-state index is 0.214. The van der Waals surface area contributed by atoms with E-state index >= 15 is 0 Å². The van der Waals surface area contributed by atoms with E-state index in [2.05, 4.69) is 4.74 Å². The summed E-state index contributed by atoms with van der Waals surface area (Å²) in [5, 5.41) is 0. The Bertz CT molecular complexity index is 190. The minimum atomic E-state index is -4.22. The Balaban J connectivity index is 4.13. The lowest BCUT2D eigenvalue weighted by atomic mass is 10.4. The van der Waals surface area contributed by atoms with Crippen LogP contribution in [0, 0.1) is 0 Å². The highest BCUT2D eigenvalue weighted by Gasteiger charge is 2.42. The van der Waals surface area contributed by atoms with E-state index in [1.807, 2.05) is 0 Å². The highest BCUT2D eigenvalue weighted by molar-refractivity contribution is 5.89. The van der Waals surface area contributed by atoms with Crippen LogP contribution < -0.4 is 0 Å². The molecule has 0 spiro atoms. The van der Waals surface area contributed by atoms with Gasteiger partial charge in [-0.15, -0.1) is 0 Å². The fourth-order valence-corrected chi connectivity index (χ4v) is 0.305. The number of hydrogen-bond acceptors (Lipinski definition) is 3. The molecule has 0 aliphatic rings. The first-order valence-electron chi connectivity index (χ1n) is 3.13. The summed E-state index contributed by atoms with van der Waals surface area (Å²) in [6.07, 6.45) is -0.214. The van der Waals surface area contributed by atoms with Gasteiger partial charge in [-0.05, 0) is 0 Å². The average Bonchev–Trinajstić information content (AvgIpc) is 2.04. The van der Waals surface area contributed by atoms with Crippen LogP contribution in [0.1, 0.15) is 13.3 Å². The molecular weight excluding hydrogens is 177 g/mol. The van der Waals surface area contributed by atoms with Crippen LogP contribution in [0.5, 0.6) is 0 Å². The lowest BCUT2D eigenvalue weighted by Crippen LogP contribution is -2.34. The van der Waals surface area contributed by atoms with Crippen molar-refractivity contribution in [3.05, 3.63) is 0 Å². The first-order chi connectivity index (χ1) is 5.44.